The minimum Gasteiger partial charge on any atom is -0.497 e. The highest BCUT2D eigenvalue weighted by Gasteiger charge is 2.52. The second kappa shape index (κ2) is 19.4. The van der Waals surface area contributed by atoms with E-state index in [1.165, 1.54) is 14.0 Å². The fraction of sp³-hybridized carbons (Fsp3) is 0.775. The molecular formula is C40H66N2O12. The summed E-state index contributed by atoms with van der Waals surface area (Å²) in [5.74, 6) is -4.35. The first-order chi connectivity index (χ1) is 25.2. The molecule has 2 saturated heterocycles. The van der Waals surface area contributed by atoms with Crippen LogP contribution in [0.25, 0.3) is 0 Å². The van der Waals surface area contributed by atoms with E-state index in [1.807, 2.05) is 38.1 Å². The Balaban J connectivity index is 2.09. The number of aliphatic hydroxyl groups excluding tert-OH is 2. The Kier molecular flexibility index (Phi) is 16.5. The van der Waals surface area contributed by atoms with Gasteiger partial charge in [-0.2, -0.15) is 0 Å². The summed E-state index contributed by atoms with van der Waals surface area (Å²) in [7, 11) is 6.80. The lowest BCUT2D eigenvalue weighted by atomic mass is 9.74. The van der Waals surface area contributed by atoms with Crippen molar-refractivity contribution < 1.29 is 58.1 Å². The molecule has 2 aliphatic heterocycles. The van der Waals surface area contributed by atoms with Gasteiger partial charge in [-0.1, -0.05) is 39.8 Å². The van der Waals surface area contributed by atoms with E-state index in [9.17, 15) is 29.7 Å². The molecule has 2 fully saturated rings. The van der Waals surface area contributed by atoms with Gasteiger partial charge in [-0.05, 0) is 78.7 Å². The van der Waals surface area contributed by atoms with Gasteiger partial charge in [0, 0.05) is 37.5 Å². The lowest BCUT2D eigenvalue weighted by Crippen LogP contribution is -2.60. The number of ether oxygens (including phenoxy) is 6. The van der Waals surface area contributed by atoms with Gasteiger partial charge in [-0.15, -0.1) is 0 Å². The summed E-state index contributed by atoms with van der Waals surface area (Å²) in [4.78, 5) is 43.1. The van der Waals surface area contributed by atoms with Crippen molar-refractivity contribution >= 4 is 17.7 Å². The van der Waals surface area contributed by atoms with Crippen molar-refractivity contribution in [3.63, 3.8) is 0 Å². The van der Waals surface area contributed by atoms with Gasteiger partial charge in [0.15, 0.2) is 6.29 Å². The molecule has 0 aliphatic carbocycles. The van der Waals surface area contributed by atoms with Crippen LogP contribution in [0.2, 0.25) is 0 Å². The third kappa shape index (κ3) is 10.8. The van der Waals surface area contributed by atoms with E-state index in [2.05, 4.69) is 5.32 Å². The number of nitrogens with one attached hydrogen (secondary N) is 1. The number of aliphatic hydroxyl groups is 3. The van der Waals surface area contributed by atoms with Gasteiger partial charge < -0.3 is 54.0 Å². The Morgan fingerprint density at radius 3 is 2.20 bits per heavy atom. The summed E-state index contributed by atoms with van der Waals surface area (Å²) in [6, 6.07) is 6.95. The predicted octanol–water partition coefficient (Wildman–Crippen LogP) is 2.86. The maximum absolute atomic E-state index is 14.0. The number of hydrogen-bond acceptors (Lipinski definition) is 13. The molecule has 14 heteroatoms. The average molecular weight is 767 g/mol. The van der Waals surface area contributed by atoms with Gasteiger partial charge in [-0.3, -0.25) is 14.4 Å². The number of likely N-dealkylation sites (N-methyl/N-ethyl adjacent to an activating group) is 1. The van der Waals surface area contributed by atoms with Crippen LogP contribution < -0.4 is 10.1 Å². The lowest BCUT2D eigenvalue weighted by Gasteiger charge is -2.48. The lowest BCUT2D eigenvalue weighted by molar-refractivity contribution is -0.302. The molecule has 54 heavy (non-hydrogen) atoms. The maximum Gasteiger partial charge on any atom is 0.311 e. The second-order valence-electron chi connectivity index (χ2n) is 16.0. The van der Waals surface area contributed by atoms with Crippen LogP contribution >= 0.6 is 0 Å². The fourth-order valence-corrected chi connectivity index (χ4v) is 8.04. The average Bonchev–Trinajstić information content (AvgIpc) is 3.14. The van der Waals surface area contributed by atoms with Gasteiger partial charge >= 0.3 is 5.97 Å². The van der Waals surface area contributed by atoms with Crippen molar-refractivity contribution in [2.24, 2.45) is 23.7 Å². The zero-order chi connectivity index (χ0) is 40.7. The van der Waals surface area contributed by atoms with Gasteiger partial charge in [0.2, 0.25) is 5.91 Å². The van der Waals surface area contributed by atoms with E-state index in [1.54, 1.807) is 60.8 Å². The van der Waals surface area contributed by atoms with E-state index in [4.69, 9.17) is 28.4 Å². The number of cyclic esters (lactones) is 1. The van der Waals surface area contributed by atoms with Gasteiger partial charge in [0.1, 0.15) is 35.9 Å². The number of carbonyl (C=O) groups is 3. The molecule has 4 N–H and O–H groups in total. The first kappa shape index (κ1) is 45.7. The Hall–Kier alpha value is -2.69. The standard InChI is InChI=1S/C40H66N2O12/c1-13-30-40(8,48)35(46)24(4)32(44)22(2)19-39(7,50-12)36(54-38-33(45)29(42(9)10)18-23(3)52-38)25(5)34(26(6)37(47)53-30)51-21-31(43)41-20-27-14-16-28(49-11)17-15-27/h14-17,22-26,29-30,33-36,38,45-46,48H,13,18-21H2,1-12H3,(H,41,43)/t22-,23-,24+,25+,26-,29+,30-,33-,34+,35-,36-,38+,39+,40-/m1/s1. The molecule has 2 heterocycles. The molecule has 3 rings (SSSR count). The van der Waals surface area contributed by atoms with E-state index in [-0.39, 0.29) is 37.3 Å². The highest BCUT2D eigenvalue weighted by Crippen LogP contribution is 2.40. The second-order valence-corrected chi connectivity index (χ2v) is 16.0. The molecule has 0 radical (unpaired) electrons. The zero-order valence-electron chi connectivity index (χ0n) is 34.2. The summed E-state index contributed by atoms with van der Waals surface area (Å²) in [6.07, 6.45) is -6.44. The van der Waals surface area contributed by atoms with Crippen LogP contribution in [0.3, 0.4) is 0 Å². The van der Waals surface area contributed by atoms with Crippen LogP contribution in [0.15, 0.2) is 24.3 Å². The Morgan fingerprint density at radius 2 is 1.65 bits per heavy atom. The SMILES string of the molecule is CC[C@H]1OC(=O)[C@H](C)[C@@H](OCC(=O)NCc2ccc(OC)cc2)[C@H](C)[C@@H](O[C@@H]2O[C@H](C)C[C@H](N(C)C)[C@H]2O)[C@@](C)(OC)C[C@@H](C)C(=O)[C@H](C)[C@@H](O)[C@]1(C)O. The number of rotatable bonds is 11. The van der Waals surface area contributed by atoms with Crippen molar-refractivity contribution in [2.75, 3.05) is 34.9 Å². The predicted molar refractivity (Wildman–Crippen MR) is 200 cm³/mol. The van der Waals surface area contributed by atoms with Gasteiger partial charge in [0.25, 0.3) is 0 Å². The van der Waals surface area contributed by atoms with Crippen molar-refractivity contribution in [1.82, 2.24) is 10.2 Å². The topological polar surface area (TPSA) is 183 Å². The Bertz CT molecular complexity index is 1370. The fourth-order valence-electron chi connectivity index (χ4n) is 8.04. The molecule has 0 saturated carbocycles. The molecule has 1 amide bonds. The molecule has 14 atom stereocenters. The van der Waals surface area contributed by atoms with Crippen molar-refractivity contribution in [2.45, 2.75) is 141 Å². The third-order valence-corrected chi connectivity index (χ3v) is 11.5. The van der Waals surface area contributed by atoms with Gasteiger partial charge in [0.05, 0.1) is 43.0 Å². The summed E-state index contributed by atoms with van der Waals surface area (Å²) in [5.41, 5.74) is -2.40. The first-order valence-electron chi connectivity index (χ1n) is 19.1. The number of benzene rings is 1. The van der Waals surface area contributed by atoms with Crippen molar-refractivity contribution in [1.29, 1.82) is 0 Å². The molecule has 0 bridgehead atoms. The Labute approximate surface area is 321 Å². The van der Waals surface area contributed by atoms with E-state index in [0.717, 1.165) is 5.56 Å². The van der Waals surface area contributed by atoms with E-state index in [0.29, 0.717) is 12.2 Å². The molecule has 0 aromatic heterocycles. The van der Waals surface area contributed by atoms with Crippen LogP contribution in [0.1, 0.15) is 80.2 Å². The van der Waals surface area contributed by atoms with E-state index < -0.39 is 90.2 Å². The zero-order valence-corrected chi connectivity index (χ0v) is 34.2. The largest absolute Gasteiger partial charge is 0.497 e. The minimum absolute atomic E-state index is 0.0944. The van der Waals surface area contributed by atoms with Crippen LogP contribution in [0.4, 0.5) is 0 Å². The van der Waals surface area contributed by atoms with Crippen LogP contribution in [-0.4, -0.2) is 133 Å². The van der Waals surface area contributed by atoms with Crippen molar-refractivity contribution in [3.8, 4) is 5.75 Å². The number of ketones is 1. The Morgan fingerprint density at radius 1 is 1.02 bits per heavy atom. The first-order valence-corrected chi connectivity index (χ1v) is 19.1. The highest BCUT2D eigenvalue weighted by atomic mass is 16.7. The monoisotopic (exact) mass is 766 g/mol. The summed E-state index contributed by atoms with van der Waals surface area (Å²) in [5, 5.41) is 37.4. The molecule has 1 aromatic rings. The maximum atomic E-state index is 14.0. The molecule has 1 aromatic carbocycles. The van der Waals surface area contributed by atoms with Crippen LogP contribution in [-0.2, 0) is 44.6 Å². The third-order valence-electron chi connectivity index (χ3n) is 11.5. The molecular weight excluding hydrogens is 700 g/mol. The number of carbonyl (C=O) groups excluding carboxylic acids is 3. The number of hydrogen-bond donors (Lipinski definition) is 4. The molecule has 0 unspecified atom stereocenters. The van der Waals surface area contributed by atoms with Crippen LogP contribution in [0.5, 0.6) is 5.75 Å². The summed E-state index contributed by atoms with van der Waals surface area (Å²) >= 11 is 0. The smallest absolute Gasteiger partial charge is 0.311 e. The number of Topliss-reactive ketones (excluding diaryl/α,β-unsaturated/α-hetero) is 1. The number of esters is 1. The quantitative estimate of drug-likeness (QED) is 0.242. The van der Waals surface area contributed by atoms with E-state index >= 15 is 0 Å². The number of nitrogens with zero attached hydrogens (tertiary/aromatic N) is 1. The summed E-state index contributed by atoms with van der Waals surface area (Å²) < 4.78 is 36.6. The highest BCUT2D eigenvalue weighted by molar-refractivity contribution is 5.83. The molecule has 2 aliphatic rings. The number of amides is 1. The molecule has 308 valence electrons. The van der Waals surface area contributed by atoms with Gasteiger partial charge in [-0.25, -0.2) is 0 Å². The number of methoxy groups -OCH3 is 2. The van der Waals surface area contributed by atoms with Crippen LogP contribution in [0, 0.1) is 23.7 Å². The minimum atomic E-state index is -1.98. The van der Waals surface area contributed by atoms with Crippen molar-refractivity contribution in [3.05, 3.63) is 29.8 Å². The summed E-state index contributed by atoms with van der Waals surface area (Å²) in [6.45, 7) is 13.2. The molecule has 0 spiro atoms. The molecule has 14 nitrogen and oxygen atoms in total. The normalized spacial score (nSPS) is 38.7.